The largest absolute Gasteiger partial charge is 0.312 e. The average molecular weight is 210 g/mol. The van der Waals surface area contributed by atoms with Crippen LogP contribution in [0.4, 0.5) is 0 Å². The fourth-order valence-corrected chi connectivity index (χ4v) is 2.91. The number of rotatable bonds is 6. The number of hydrogen-bond acceptors (Lipinski definition) is 2. The highest BCUT2D eigenvalue weighted by atomic mass is 15.2. The van der Waals surface area contributed by atoms with Crippen LogP contribution in [0.2, 0.25) is 0 Å². The van der Waals surface area contributed by atoms with Crippen LogP contribution in [-0.2, 0) is 0 Å². The highest BCUT2D eigenvalue weighted by Crippen LogP contribution is 2.25. The molecule has 0 bridgehead atoms. The van der Waals surface area contributed by atoms with Crippen LogP contribution in [0.3, 0.4) is 0 Å². The van der Waals surface area contributed by atoms with Gasteiger partial charge in [0.2, 0.25) is 0 Å². The van der Waals surface area contributed by atoms with E-state index in [2.05, 4.69) is 24.1 Å². The van der Waals surface area contributed by atoms with Crippen LogP contribution in [0.1, 0.15) is 52.4 Å². The molecule has 0 saturated heterocycles. The van der Waals surface area contributed by atoms with Crippen molar-refractivity contribution in [3.8, 4) is 0 Å². The van der Waals surface area contributed by atoms with Crippen molar-refractivity contribution < 1.29 is 0 Å². The summed E-state index contributed by atoms with van der Waals surface area (Å²) in [5, 5.41) is 3.65. The molecule has 2 fully saturated rings. The molecule has 2 nitrogen and oxygen atoms in total. The zero-order valence-electron chi connectivity index (χ0n) is 10.3. The van der Waals surface area contributed by atoms with Crippen molar-refractivity contribution >= 4 is 0 Å². The predicted octanol–water partition coefficient (Wildman–Crippen LogP) is 2.39. The van der Waals surface area contributed by atoms with Gasteiger partial charge in [-0.25, -0.2) is 0 Å². The fraction of sp³-hybridized carbons (Fsp3) is 1.00. The van der Waals surface area contributed by atoms with E-state index in [1.165, 1.54) is 51.6 Å². The first kappa shape index (κ1) is 11.4. The van der Waals surface area contributed by atoms with Gasteiger partial charge in [0.1, 0.15) is 0 Å². The Hall–Kier alpha value is -0.0800. The molecule has 0 radical (unpaired) electrons. The van der Waals surface area contributed by atoms with E-state index >= 15 is 0 Å². The Morgan fingerprint density at radius 3 is 2.40 bits per heavy atom. The molecule has 0 heterocycles. The molecule has 88 valence electrons. The van der Waals surface area contributed by atoms with Crippen molar-refractivity contribution in [3.05, 3.63) is 0 Å². The Kier molecular flexibility index (Phi) is 4.04. The highest BCUT2D eigenvalue weighted by molar-refractivity contribution is 4.85. The van der Waals surface area contributed by atoms with Crippen LogP contribution in [0.25, 0.3) is 0 Å². The van der Waals surface area contributed by atoms with E-state index in [9.17, 15) is 0 Å². The summed E-state index contributed by atoms with van der Waals surface area (Å²) in [6, 6.07) is 2.46. The zero-order valence-corrected chi connectivity index (χ0v) is 10.3. The van der Waals surface area contributed by atoms with Gasteiger partial charge in [-0.15, -0.1) is 0 Å². The van der Waals surface area contributed by atoms with E-state index in [0.717, 1.165) is 18.1 Å². The Bertz CT molecular complexity index is 183. The van der Waals surface area contributed by atoms with E-state index in [0.29, 0.717) is 0 Å². The molecule has 2 rings (SSSR count). The monoisotopic (exact) mass is 210 g/mol. The second-order valence-electron chi connectivity index (χ2n) is 5.30. The first-order valence-electron chi connectivity index (χ1n) is 6.80. The average Bonchev–Trinajstić information content (AvgIpc) is 2.92. The number of hydrogen-bond donors (Lipinski definition) is 1. The molecule has 2 aliphatic carbocycles. The molecule has 2 aliphatic rings. The molecule has 0 aromatic rings. The molecule has 15 heavy (non-hydrogen) atoms. The van der Waals surface area contributed by atoms with E-state index < -0.39 is 0 Å². The standard InChI is InChI=1S/C13H26N2/c1-3-15(13-6-4-5-7-13)11(2)10-14-12-8-9-12/h11-14H,3-10H2,1-2H3. The molecule has 0 aromatic heterocycles. The SMILES string of the molecule is CCN(C(C)CNC1CC1)C1CCCC1. The summed E-state index contributed by atoms with van der Waals surface area (Å²) in [5.41, 5.74) is 0. The Balaban J connectivity index is 1.75. The summed E-state index contributed by atoms with van der Waals surface area (Å²) >= 11 is 0. The molecule has 0 amide bonds. The van der Waals surface area contributed by atoms with Gasteiger partial charge in [0.15, 0.2) is 0 Å². The van der Waals surface area contributed by atoms with Gasteiger partial charge >= 0.3 is 0 Å². The maximum absolute atomic E-state index is 3.65. The zero-order chi connectivity index (χ0) is 10.7. The molecule has 2 saturated carbocycles. The summed E-state index contributed by atoms with van der Waals surface area (Å²) in [5.74, 6) is 0. The summed E-state index contributed by atoms with van der Waals surface area (Å²) in [6.45, 7) is 7.11. The number of nitrogens with zero attached hydrogens (tertiary/aromatic N) is 1. The van der Waals surface area contributed by atoms with Gasteiger partial charge in [0, 0.05) is 24.7 Å². The third-order valence-corrected chi connectivity index (χ3v) is 4.00. The minimum absolute atomic E-state index is 0.721. The molecule has 1 N–H and O–H groups in total. The molecular weight excluding hydrogens is 184 g/mol. The molecule has 0 aromatic carbocycles. The minimum Gasteiger partial charge on any atom is -0.312 e. The van der Waals surface area contributed by atoms with Crippen LogP contribution >= 0.6 is 0 Å². The molecular formula is C13H26N2. The lowest BCUT2D eigenvalue weighted by Crippen LogP contribution is -2.45. The lowest BCUT2D eigenvalue weighted by Gasteiger charge is -2.33. The van der Waals surface area contributed by atoms with E-state index in [-0.39, 0.29) is 0 Å². The van der Waals surface area contributed by atoms with Crippen molar-refractivity contribution in [2.45, 2.75) is 70.5 Å². The second kappa shape index (κ2) is 5.31. The summed E-state index contributed by atoms with van der Waals surface area (Å²) in [6.07, 6.45) is 8.57. The van der Waals surface area contributed by atoms with Crippen molar-refractivity contribution in [1.29, 1.82) is 0 Å². The Morgan fingerprint density at radius 2 is 1.87 bits per heavy atom. The van der Waals surface area contributed by atoms with Crippen LogP contribution in [0.5, 0.6) is 0 Å². The molecule has 0 spiro atoms. The van der Waals surface area contributed by atoms with Crippen LogP contribution in [-0.4, -0.2) is 36.1 Å². The van der Waals surface area contributed by atoms with Gasteiger partial charge in [-0.1, -0.05) is 19.8 Å². The highest BCUT2D eigenvalue weighted by Gasteiger charge is 2.27. The van der Waals surface area contributed by atoms with Gasteiger partial charge < -0.3 is 5.32 Å². The third-order valence-electron chi connectivity index (χ3n) is 4.00. The van der Waals surface area contributed by atoms with E-state index in [4.69, 9.17) is 0 Å². The second-order valence-corrected chi connectivity index (χ2v) is 5.30. The molecule has 1 unspecified atom stereocenters. The summed E-state index contributed by atoms with van der Waals surface area (Å²) in [4.78, 5) is 2.71. The van der Waals surface area contributed by atoms with Crippen LogP contribution < -0.4 is 5.32 Å². The van der Waals surface area contributed by atoms with E-state index in [1.807, 2.05) is 0 Å². The van der Waals surface area contributed by atoms with Crippen molar-refractivity contribution in [3.63, 3.8) is 0 Å². The topological polar surface area (TPSA) is 15.3 Å². The summed E-state index contributed by atoms with van der Waals surface area (Å²) < 4.78 is 0. The van der Waals surface area contributed by atoms with Gasteiger partial charge in [-0.3, -0.25) is 4.90 Å². The smallest absolute Gasteiger partial charge is 0.0195 e. The minimum atomic E-state index is 0.721. The Morgan fingerprint density at radius 1 is 1.20 bits per heavy atom. The van der Waals surface area contributed by atoms with Crippen molar-refractivity contribution in [2.24, 2.45) is 0 Å². The maximum Gasteiger partial charge on any atom is 0.0195 e. The number of likely N-dealkylation sites (N-methyl/N-ethyl adjacent to an activating group) is 1. The normalized spacial score (nSPS) is 25.0. The van der Waals surface area contributed by atoms with Gasteiger partial charge in [0.25, 0.3) is 0 Å². The lowest BCUT2D eigenvalue weighted by molar-refractivity contribution is 0.151. The predicted molar refractivity (Wildman–Crippen MR) is 65.1 cm³/mol. The van der Waals surface area contributed by atoms with Crippen LogP contribution in [0, 0.1) is 0 Å². The first-order valence-corrected chi connectivity index (χ1v) is 6.80. The van der Waals surface area contributed by atoms with E-state index in [1.54, 1.807) is 0 Å². The van der Waals surface area contributed by atoms with Crippen molar-refractivity contribution in [1.82, 2.24) is 10.2 Å². The van der Waals surface area contributed by atoms with Crippen molar-refractivity contribution in [2.75, 3.05) is 13.1 Å². The van der Waals surface area contributed by atoms with Gasteiger partial charge in [-0.05, 0) is 39.2 Å². The molecule has 1 atom stereocenters. The lowest BCUT2D eigenvalue weighted by atomic mass is 10.1. The summed E-state index contributed by atoms with van der Waals surface area (Å²) in [7, 11) is 0. The first-order chi connectivity index (χ1) is 7.31. The maximum atomic E-state index is 3.65. The Labute approximate surface area is 94.4 Å². The number of nitrogens with one attached hydrogen (secondary N) is 1. The van der Waals surface area contributed by atoms with Crippen LogP contribution in [0.15, 0.2) is 0 Å². The molecule has 0 aliphatic heterocycles. The third kappa shape index (κ3) is 3.18. The fourth-order valence-electron chi connectivity index (χ4n) is 2.91. The van der Waals surface area contributed by atoms with Gasteiger partial charge in [-0.2, -0.15) is 0 Å². The quantitative estimate of drug-likeness (QED) is 0.724. The molecule has 2 heteroatoms. The van der Waals surface area contributed by atoms with Gasteiger partial charge in [0.05, 0.1) is 0 Å².